The SMILES string of the molecule is Cc1nc(C)c(C(=O)N2CCC3(CC2)CC(CNS(C)(=O)=O)CCO3)s1. The molecule has 1 unspecified atom stereocenters. The highest BCUT2D eigenvalue weighted by Gasteiger charge is 2.41. The largest absolute Gasteiger partial charge is 0.375 e. The molecule has 1 aromatic heterocycles. The molecule has 0 aliphatic carbocycles. The lowest BCUT2D eigenvalue weighted by Gasteiger charge is -2.46. The first-order valence-corrected chi connectivity index (χ1v) is 11.7. The summed E-state index contributed by atoms with van der Waals surface area (Å²) in [6.45, 7) is 6.25. The van der Waals surface area contributed by atoms with Gasteiger partial charge in [0.15, 0.2) is 0 Å². The Kier molecular flexibility index (Phi) is 5.72. The standard InChI is InChI=1S/C17H27N3O4S2/c1-12-15(25-13(2)19-12)16(21)20-7-5-17(6-8-20)10-14(4-9-24-17)11-18-26(3,22)23/h14,18H,4-11H2,1-3H3. The Hall–Kier alpha value is -1.03. The molecule has 2 fully saturated rings. The third-order valence-corrected chi connectivity index (χ3v) is 7.04. The second kappa shape index (κ2) is 7.53. The Balaban J connectivity index is 1.58. The first-order chi connectivity index (χ1) is 12.2. The van der Waals surface area contributed by atoms with E-state index in [0.29, 0.717) is 26.2 Å². The van der Waals surface area contributed by atoms with Gasteiger partial charge < -0.3 is 9.64 Å². The summed E-state index contributed by atoms with van der Waals surface area (Å²) >= 11 is 1.45. The number of hydrogen-bond acceptors (Lipinski definition) is 6. The van der Waals surface area contributed by atoms with Crippen LogP contribution in [0.5, 0.6) is 0 Å². The lowest BCUT2D eigenvalue weighted by Crippen LogP contribution is -2.51. The van der Waals surface area contributed by atoms with Crippen LogP contribution in [0.25, 0.3) is 0 Å². The van der Waals surface area contributed by atoms with E-state index < -0.39 is 10.0 Å². The highest BCUT2D eigenvalue weighted by atomic mass is 32.2. The number of nitrogens with one attached hydrogen (secondary N) is 1. The summed E-state index contributed by atoms with van der Waals surface area (Å²) in [5.41, 5.74) is 0.580. The van der Waals surface area contributed by atoms with Gasteiger partial charge in [-0.2, -0.15) is 0 Å². The van der Waals surface area contributed by atoms with Crippen LogP contribution < -0.4 is 4.72 Å². The molecule has 26 heavy (non-hydrogen) atoms. The predicted molar refractivity (Wildman–Crippen MR) is 101 cm³/mol. The second-order valence-corrected chi connectivity index (χ2v) is 10.5. The highest BCUT2D eigenvalue weighted by Crippen LogP contribution is 2.38. The summed E-state index contributed by atoms with van der Waals surface area (Å²) in [6, 6.07) is 0. The molecule has 1 aromatic rings. The van der Waals surface area contributed by atoms with Crippen LogP contribution >= 0.6 is 11.3 Å². The smallest absolute Gasteiger partial charge is 0.265 e. The third kappa shape index (κ3) is 4.62. The minimum atomic E-state index is -3.17. The fraction of sp³-hybridized carbons (Fsp3) is 0.765. The van der Waals surface area contributed by atoms with Crippen LogP contribution in [0, 0.1) is 19.8 Å². The highest BCUT2D eigenvalue weighted by molar-refractivity contribution is 7.88. The minimum absolute atomic E-state index is 0.0639. The number of nitrogens with zero attached hydrogens (tertiary/aromatic N) is 2. The summed E-state index contributed by atoms with van der Waals surface area (Å²) in [5, 5.41) is 0.913. The number of amides is 1. The molecule has 3 heterocycles. The summed E-state index contributed by atoms with van der Waals surface area (Å²) in [4.78, 5) is 19.7. The van der Waals surface area contributed by atoms with E-state index in [1.807, 2.05) is 18.7 Å². The summed E-state index contributed by atoms with van der Waals surface area (Å²) in [5.74, 6) is 0.348. The molecule has 9 heteroatoms. The van der Waals surface area contributed by atoms with Gasteiger partial charge in [0.1, 0.15) is 4.88 Å². The Morgan fingerprint density at radius 2 is 2.08 bits per heavy atom. The van der Waals surface area contributed by atoms with Gasteiger partial charge in [-0.25, -0.2) is 18.1 Å². The van der Waals surface area contributed by atoms with Crippen molar-refractivity contribution in [2.75, 3.05) is 32.5 Å². The van der Waals surface area contributed by atoms with Crippen LogP contribution in [-0.2, 0) is 14.8 Å². The molecule has 0 bridgehead atoms. The molecule has 1 spiro atoms. The monoisotopic (exact) mass is 401 g/mol. The van der Waals surface area contributed by atoms with Crippen molar-refractivity contribution in [1.29, 1.82) is 0 Å². The molecule has 3 rings (SSSR count). The van der Waals surface area contributed by atoms with Gasteiger partial charge in [-0.3, -0.25) is 4.79 Å². The van der Waals surface area contributed by atoms with E-state index in [4.69, 9.17) is 4.74 Å². The zero-order valence-corrected chi connectivity index (χ0v) is 17.2. The maximum Gasteiger partial charge on any atom is 0.265 e. The van der Waals surface area contributed by atoms with Gasteiger partial charge in [-0.1, -0.05) is 0 Å². The average molecular weight is 402 g/mol. The molecule has 146 valence electrons. The van der Waals surface area contributed by atoms with Gasteiger partial charge in [0.2, 0.25) is 10.0 Å². The Morgan fingerprint density at radius 3 is 2.65 bits per heavy atom. The number of carbonyl (C=O) groups is 1. The number of carbonyl (C=O) groups excluding carboxylic acids is 1. The van der Waals surface area contributed by atoms with Crippen LogP contribution in [0.4, 0.5) is 0 Å². The Labute approximate surface area is 159 Å². The van der Waals surface area contributed by atoms with Crippen molar-refractivity contribution in [3.8, 4) is 0 Å². The second-order valence-electron chi connectivity index (χ2n) is 7.45. The van der Waals surface area contributed by atoms with Crippen molar-refractivity contribution in [3.05, 3.63) is 15.6 Å². The maximum atomic E-state index is 12.8. The Morgan fingerprint density at radius 1 is 1.38 bits per heavy atom. The van der Waals surface area contributed by atoms with Gasteiger partial charge in [0.25, 0.3) is 5.91 Å². The number of ether oxygens (including phenoxy) is 1. The molecular weight excluding hydrogens is 374 g/mol. The van der Waals surface area contributed by atoms with E-state index in [-0.39, 0.29) is 17.4 Å². The van der Waals surface area contributed by atoms with E-state index in [1.54, 1.807) is 0 Å². The van der Waals surface area contributed by atoms with Crippen molar-refractivity contribution in [2.45, 2.75) is 45.1 Å². The number of aromatic nitrogens is 1. The number of aryl methyl sites for hydroxylation is 2. The van der Waals surface area contributed by atoms with Gasteiger partial charge in [0, 0.05) is 26.2 Å². The fourth-order valence-corrected chi connectivity index (χ4v) is 5.34. The molecule has 1 amide bonds. The molecule has 2 saturated heterocycles. The number of rotatable bonds is 4. The van der Waals surface area contributed by atoms with Crippen molar-refractivity contribution < 1.29 is 17.9 Å². The van der Waals surface area contributed by atoms with E-state index in [1.165, 1.54) is 17.6 Å². The van der Waals surface area contributed by atoms with Crippen LogP contribution in [0.2, 0.25) is 0 Å². The third-order valence-electron chi connectivity index (χ3n) is 5.29. The number of thiazole rings is 1. The molecule has 2 aliphatic rings. The predicted octanol–water partition coefficient (Wildman–Crippen LogP) is 1.71. The maximum absolute atomic E-state index is 12.8. The summed E-state index contributed by atoms with van der Waals surface area (Å²) in [6.07, 6.45) is 4.49. The number of piperidine rings is 1. The average Bonchev–Trinajstić information content (AvgIpc) is 2.91. The zero-order chi connectivity index (χ0) is 18.9. The van der Waals surface area contributed by atoms with Crippen LogP contribution in [-0.4, -0.2) is 62.3 Å². The van der Waals surface area contributed by atoms with Crippen molar-refractivity contribution >= 4 is 27.3 Å². The van der Waals surface area contributed by atoms with Gasteiger partial charge in [0.05, 0.1) is 22.6 Å². The van der Waals surface area contributed by atoms with E-state index in [2.05, 4.69) is 9.71 Å². The van der Waals surface area contributed by atoms with Crippen LogP contribution in [0.1, 0.15) is 46.1 Å². The van der Waals surface area contributed by atoms with Crippen LogP contribution in [0.3, 0.4) is 0 Å². The molecule has 1 atom stereocenters. The number of sulfonamides is 1. The topological polar surface area (TPSA) is 88.6 Å². The minimum Gasteiger partial charge on any atom is -0.375 e. The summed E-state index contributed by atoms with van der Waals surface area (Å²) < 4.78 is 31.4. The molecule has 1 N–H and O–H groups in total. The Bertz CT molecular complexity index is 767. The lowest BCUT2D eigenvalue weighted by molar-refractivity contribution is -0.122. The van der Waals surface area contributed by atoms with Gasteiger partial charge in [-0.15, -0.1) is 11.3 Å². The molecular formula is C17H27N3O4S2. The number of hydrogen-bond donors (Lipinski definition) is 1. The van der Waals surface area contributed by atoms with E-state index in [0.717, 1.165) is 41.3 Å². The lowest BCUT2D eigenvalue weighted by atomic mass is 9.79. The molecule has 2 aliphatic heterocycles. The zero-order valence-electron chi connectivity index (χ0n) is 15.6. The van der Waals surface area contributed by atoms with E-state index in [9.17, 15) is 13.2 Å². The van der Waals surface area contributed by atoms with Crippen LogP contribution in [0.15, 0.2) is 0 Å². The van der Waals surface area contributed by atoms with Gasteiger partial charge in [-0.05, 0) is 45.4 Å². The fourth-order valence-electron chi connectivity index (χ4n) is 3.91. The van der Waals surface area contributed by atoms with Crippen molar-refractivity contribution in [1.82, 2.24) is 14.6 Å². The first-order valence-electron chi connectivity index (χ1n) is 8.99. The van der Waals surface area contributed by atoms with Crippen molar-refractivity contribution in [2.24, 2.45) is 5.92 Å². The van der Waals surface area contributed by atoms with Gasteiger partial charge >= 0.3 is 0 Å². The normalized spacial score (nSPS) is 23.3. The molecule has 0 aromatic carbocycles. The summed E-state index contributed by atoms with van der Waals surface area (Å²) in [7, 11) is -3.17. The first kappa shape index (κ1) is 19.7. The molecule has 7 nitrogen and oxygen atoms in total. The molecule has 0 radical (unpaired) electrons. The molecule has 0 saturated carbocycles. The van der Waals surface area contributed by atoms with Crippen molar-refractivity contribution in [3.63, 3.8) is 0 Å². The quantitative estimate of drug-likeness (QED) is 0.830. The van der Waals surface area contributed by atoms with E-state index >= 15 is 0 Å². The number of likely N-dealkylation sites (tertiary alicyclic amines) is 1.